The van der Waals surface area contributed by atoms with E-state index in [1.165, 1.54) is 38.5 Å². The first kappa shape index (κ1) is 24.2. The molecule has 5 heteroatoms. The van der Waals surface area contributed by atoms with E-state index in [1.807, 2.05) is 0 Å². The van der Waals surface area contributed by atoms with Gasteiger partial charge in [0, 0.05) is 18.7 Å². The van der Waals surface area contributed by atoms with Crippen molar-refractivity contribution in [2.45, 2.75) is 96.8 Å². The van der Waals surface area contributed by atoms with Crippen molar-refractivity contribution in [1.82, 2.24) is 0 Å². The van der Waals surface area contributed by atoms with Crippen molar-refractivity contribution in [2.24, 2.45) is 0 Å². The zero-order chi connectivity index (χ0) is 18.6. The SMILES string of the molecule is CCCCCCCOC(=O)CCCC(=O)OCCCCCCCCCl. The minimum absolute atomic E-state index is 0.208. The monoisotopic (exact) mass is 376 g/mol. The summed E-state index contributed by atoms with van der Waals surface area (Å²) in [7, 11) is 0. The van der Waals surface area contributed by atoms with E-state index in [0.717, 1.165) is 38.0 Å². The van der Waals surface area contributed by atoms with Crippen molar-refractivity contribution in [1.29, 1.82) is 0 Å². The van der Waals surface area contributed by atoms with Crippen LogP contribution < -0.4 is 0 Å². The summed E-state index contributed by atoms with van der Waals surface area (Å²) in [6, 6.07) is 0. The number of halogens is 1. The molecule has 4 nitrogen and oxygen atoms in total. The van der Waals surface area contributed by atoms with Crippen LogP contribution >= 0.6 is 11.6 Å². The highest BCUT2D eigenvalue weighted by molar-refractivity contribution is 6.17. The van der Waals surface area contributed by atoms with Crippen LogP contribution in [0.2, 0.25) is 0 Å². The highest BCUT2D eigenvalue weighted by Crippen LogP contribution is 2.07. The van der Waals surface area contributed by atoms with Gasteiger partial charge < -0.3 is 9.47 Å². The number of rotatable bonds is 18. The Labute approximate surface area is 159 Å². The van der Waals surface area contributed by atoms with Crippen molar-refractivity contribution < 1.29 is 19.1 Å². The van der Waals surface area contributed by atoms with E-state index in [2.05, 4.69) is 6.92 Å². The standard InChI is InChI=1S/C20H37ClO4/c1-2-3-4-8-11-17-24-19(22)14-13-15-20(23)25-18-12-9-6-5-7-10-16-21/h2-18H2,1H3. The van der Waals surface area contributed by atoms with Crippen molar-refractivity contribution >= 4 is 23.5 Å². The van der Waals surface area contributed by atoms with Gasteiger partial charge in [-0.25, -0.2) is 0 Å². The van der Waals surface area contributed by atoms with Gasteiger partial charge in [0.05, 0.1) is 13.2 Å². The minimum atomic E-state index is -0.213. The smallest absolute Gasteiger partial charge is 0.305 e. The van der Waals surface area contributed by atoms with Gasteiger partial charge in [-0.3, -0.25) is 9.59 Å². The lowest BCUT2D eigenvalue weighted by atomic mass is 10.1. The second-order valence-corrected chi connectivity index (χ2v) is 6.90. The summed E-state index contributed by atoms with van der Waals surface area (Å²) >= 11 is 5.62. The van der Waals surface area contributed by atoms with Crippen LogP contribution in [-0.2, 0) is 19.1 Å². The molecule has 0 amide bonds. The highest BCUT2D eigenvalue weighted by Gasteiger charge is 2.07. The van der Waals surface area contributed by atoms with Crippen LogP contribution in [0.15, 0.2) is 0 Å². The summed E-state index contributed by atoms with van der Waals surface area (Å²) in [4.78, 5) is 23.1. The first-order chi connectivity index (χ1) is 12.2. The first-order valence-corrected chi connectivity index (χ1v) is 10.6. The first-order valence-electron chi connectivity index (χ1n) is 10.1. The van der Waals surface area contributed by atoms with Crippen LogP contribution in [0.4, 0.5) is 0 Å². The largest absolute Gasteiger partial charge is 0.466 e. The molecule has 25 heavy (non-hydrogen) atoms. The van der Waals surface area contributed by atoms with Crippen molar-refractivity contribution in [3.63, 3.8) is 0 Å². The molecule has 0 radical (unpaired) electrons. The second-order valence-electron chi connectivity index (χ2n) is 6.52. The van der Waals surface area contributed by atoms with E-state index in [0.29, 0.717) is 32.5 Å². The van der Waals surface area contributed by atoms with E-state index in [1.54, 1.807) is 0 Å². The molecule has 0 aromatic carbocycles. The molecule has 148 valence electrons. The van der Waals surface area contributed by atoms with Crippen molar-refractivity contribution in [2.75, 3.05) is 19.1 Å². The summed E-state index contributed by atoms with van der Waals surface area (Å²) < 4.78 is 10.3. The predicted molar refractivity (Wildman–Crippen MR) is 103 cm³/mol. The van der Waals surface area contributed by atoms with Crippen molar-refractivity contribution in [3.05, 3.63) is 0 Å². The maximum absolute atomic E-state index is 11.6. The molecular weight excluding hydrogens is 340 g/mol. The maximum Gasteiger partial charge on any atom is 0.305 e. The Bertz CT molecular complexity index is 321. The molecule has 0 N–H and O–H groups in total. The number of carbonyl (C=O) groups is 2. The van der Waals surface area contributed by atoms with Gasteiger partial charge in [-0.15, -0.1) is 11.6 Å². The molecule has 0 saturated heterocycles. The molecule has 0 aliphatic carbocycles. The number of alkyl halides is 1. The Morgan fingerprint density at radius 2 is 1.08 bits per heavy atom. The predicted octanol–water partition coefficient (Wildman–Crippen LogP) is 5.79. The topological polar surface area (TPSA) is 52.6 Å². The Balaban J connectivity index is 3.32. The lowest BCUT2D eigenvalue weighted by Crippen LogP contribution is -2.09. The molecular formula is C20H37ClO4. The zero-order valence-electron chi connectivity index (χ0n) is 16.0. The Morgan fingerprint density at radius 1 is 0.640 bits per heavy atom. The van der Waals surface area contributed by atoms with Crippen LogP contribution in [-0.4, -0.2) is 31.0 Å². The van der Waals surface area contributed by atoms with E-state index >= 15 is 0 Å². The van der Waals surface area contributed by atoms with E-state index in [9.17, 15) is 9.59 Å². The average molecular weight is 377 g/mol. The van der Waals surface area contributed by atoms with Gasteiger partial charge in [-0.1, -0.05) is 58.3 Å². The Hall–Kier alpha value is -0.770. The van der Waals surface area contributed by atoms with Gasteiger partial charge >= 0.3 is 11.9 Å². The quantitative estimate of drug-likeness (QED) is 0.172. The van der Waals surface area contributed by atoms with Gasteiger partial charge in [-0.05, 0) is 25.7 Å². The number of ether oxygens (including phenoxy) is 2. The third kappa shape index (κ3) is 19.4. The summed E-state index contributed by atoms with van der Waals surface area (Å²) in [6.45, 7) is 3.16. The molecule has 0 aromatic heterocycles. The molecule has 0 atom stereocenters. The van der Waals surface area contributed by atoms with Gasteiger partial charge in [-0.2, -0.15) is 0 Å². The number of unbranched alkanes of at least 4 members (excludes halogenated alkanes) is 9. The third-order valence-electron chi connectivity index (χ3n) is 4.06. The molecule has 0 saturated carbocycles. The van der Waals surface area contributed by atoms with E-state index in [4.69, 9.17) is 21.1 Å². The summed E-state index contributed by atoms with van der Waals surface area (Å²) in [5, 5.41) is 0. The summed E-state index contributed by atoms with van der Waals surface area (Å²) in [5.41, 5.74) is 0. The lowest BCUT2D eigenvalue weighted by molar-refractivity contribution is -0.145. The van der Waals surface area contributed by atoms with E-state index in [-0.39, 0.29) is 11.9 Å². The molecule has 0 spiro atoms. The molecule has 0 aromatic rings. The van der Waals surface area contributed by atoms with Crippen LogP contribution in [0.5, 0.6) is 0 Å². The van der Waals surface area contributed by atoms with Crippen LogP contribution in [0.25, 0.3) is 0 Å². The number of esters is 2. The van der Waals surface area contributed by atoms with Gasteiger partial charge in [0.15, 0.2) is 0 Å². The fourth-order valence-electron chi connectivity index (χ4n) is 2.50. The fourth-order valence-corrected chi connectivity index (χ4v) is 2.69. The molecule has 0 rings (SSSR count). The van der Waals surface area contributed by atoms with Crippen LogP contribution in [0.3, 0.4) is 0 Å². The molecule has 0 fully saturated rings. The average Bonchev–Trinajstić information content (AvgIpc) is 2.60. The zero-order valence-corrected chi connectivity index (χ0v) is 16.8. The highest BCUT2D eigenvalue weighted by atomic mass is 35.5. The minimum Gasteiger partial charge on any atom is -0.466 e. The normalized spacial score (nSPS) is 10.6. The van der Waals surface area contributed by atoms with Gasteiger partial charge in [0.25, 0.3) is 0 Å². The molecule has 0 unspecified atom stereocenters. The summed E-state index contributed by atoms with van der Waals surface area (Å²) in [6.07, 6.45) is 13.4. The molecule has 0 bridgehead atoms. The maximum atomic E-state index is 11.6. The lowest BCUT2D eigenvalue weighted by Gasteiger charge is -2.06. The summed E-state index contributed by atoms with van der Waals surface area (Å²) in [5.74, 6) is 0.319. The molecule has 0 aliphatic heterocycles. The number of carbonyl (C=O) groups excluding carboxylic acids is 2. The third-order valence-corrected chi connectivity index (χ3v) is 4.33. The Morgan fingerprint density at radius 3 is 1.56 bits per heavy atom. The van der Waals surface area contributed by atoms with Crippen LogP contribution in [0.1, 0.15) is 96.8 Å². The van der Waals surface area contributed by atoms with Gasteiger partial charge in [0.1, 0.15) is 0 Å². The molecule has 0 heterocycles. The van der Waals surface area contributed by atoms with Crippen LogP contribution in [0, 0.1) is 0 Å². The van der Waals surface area contributed by atoms with E-state index < -0.39 is 0 Å². The number of hydrogen-bond donors (Lipinski definition) is 0. The molecule has 0 aliphatic rings. The number of hydrogen-bond acceptors (Lipinski definition) is 4. The second kappa shape index (κ2) is 19.6. The Kier molecular flexibility index (Phi) is 19.0. The van der Waals surface area contributed by atoms with Gasteiger partial charge in [0.2, 0.25) is 0 Å². The van der Waals surface area contributed by atoms with Crippen molar-refractivity contribution in [3.8, 4) is 0 Å². The fraction of sp³-hybridized carbons (Fsp3) is 0.900.